The van der Waals surface area contributed by atoms with Crippen LogP contribution >= 0.6 is 0 Å². The first-order valence-corrected chi connectivity index (χ1v) is 8.33. The molecule has 0 atom stereocenters. The summed E-state index contributed by atoms with van der Waals surface area (Å²) in [6.07, 6.45) is 9.94. The molecule has 0 aliphatic heterocycles. The van der Waals surface area contributed by atoms with Gasteiger partial charge in [-0.2, -0.15) is 9.59 Å². The molecule has 126 valence electrons. The number of benzene rings is 1. The normalized spacial score (nSPS) is 11.8. The number of fused-ring (bicyclic) bond motifs is 2. The highest BCUT2D eigenvalue weighted by Crippen LogP contribution is 2.25. The number of carbonyl (C=O) groups excluding carboxylic acids is 2. The van der Waals surface area contributed by atoms with Crippen LogP contribution in [0.3, 0.4) is 0 Å². The van der Waals surface area contributed by atoms with Gasteiger partial charge in [0.15, 0.2) is 0 Å². The highest BCUT2D eigenvalue weighted by molar-refractivity contribution is 5.77. The van der Waals surface area contributed by atoms with Crippen LogP contribution in [0, 0.1) is 13.8 Å². The maximum atomic E-state index is 8.12. The van der Waals surface area contributed by atoms with Gasteiger partial charge in [-0.25, -0.2) is 4.98 Å². The summed E-state index contributed by atoms with van der Waals surface area (Å²) in [5.74, 6) is 0. The molecule has 4 rings (SSSR count). The molecule has 0 radical (unpaired) electrons. The zero-order valence-electron chi connectivity index (χ0n) is 14.4. The number of aromatic nitrogens is 2. The summed E-state index contributed by atoms with van der Waals surface area (Å²) in [6.45, 7) is 4.30. The van der Waals surface area contributed by atoms with E-state index in [0.717, 1.165) is 24.9 Å². The second kappa shape index (κ2) is 7.29. The first-order valence-electron chi connectivity index (χ1n) is 8.33. The van der Waals surface area contributed by atoms with Crippen LogP contribution in [0.1, 0.15) is 33.5 Å². The van der Waals surface area contributed by atoms with Crippen molar-refractivity contribution in [3.63, 3.8) is 0 Å². The Morgan fingerprint density at radius 3 is 2.72 bits per heavy atom. The van der Waals surface area contributed by atoms with Crippen LogP contribution < -0.4 is 0 Å². The minimum absolute atomic E-state index is 0.250. The summed E-state index contributed by atoms with van der Waals surface area (Å²) in [5.41, 5.74) is 9.19. The van der Waals surface area contributed by atoms with Gasteiger partial charge in [0.1, 0.15) is 5.65 Å². The Bertz CT molecular complexity index is 977. The van der Waals surface area contributed by atoms with E-state index in [1.54, 1.807) is 0 Å². The fraction of sp³-hybridized carbons (Fsp3) is 0.238. The second-order valence-corrected chi connectivity index (χ2v) is 6.40. The van der Waals surface area contributed by atoms with E-state index in [1.165, 1.54) is 38.9 Å². The van der Waals surface area contributed by atoms with E-state index in [9.17, 15) is 0 Å². The largest absolute Gasteiger partial charge is 0.373 e. The third kappa shape index (κ3) is 3.76. The van der Waals surface area contributed by atoms with Crippen LogP contribution in [-0.4, -0.2) is 16.1 Å². The minimum Gasteiger partial charge on any atom is -0.344 e. The van der Waals surface area contributed by atoms with Crippen LogP contribution in [0.5, 0.6) is 0 Å². The van der Waals surface area contributed by atoms with E-state index in [2.05, 4.69) is 60.2 Å². The third-order valence-electron chi connectivity index (χ3n) is 4.58. The number of hydrogen-bond acceptors (Lipinski definition) is 3. The van der Waals surface area contributed by atoms with Crippen LogP contribution in [0.2, 0.25) is 0 Å². The first-order chi connectivity index (χ1) is 12.1. The van der Waals surface area contributed by atoms with Gasteiger partial charge in [-0.3, -0.25) is 0 Å². The molecule has 1 aliphatic rings. The smallest absolute Gasteiger partial charge is 0.344 e. The predicted octanol–water partition coefficient (Wildman–Crippen LogP) is 3.95. The van der Waals surface area contributed by atoms with Crippen molar-refractivity contribution in [3.05, 3.63) is 70.0 Å². The van der Waals surface area contributed by atoms with Gasteiger partial charge in [0, 0.05) is 17.3 Å². The van der Waals surface area contributed by atoms with Gasteiger partial charge in [0.25, 0.3) is 0 Å². The molecule has 0 bridgehead atoms. The molecule has 0 spiro atoms. The molecular formula is C21H20N2O2. The van der Waals surface area contributed by atoms with Crippen LogP contribution in [-0.2, 0) is 28.9 Å². The summed E-state index contributed by atoms with van der Waals surface area (Å²) in [7, 11) is 0. The highest BCUT2D eigenvalue weighted by Gasteiger charge is 2.09. The average Bonchev–Trinajstić information content (AvgIpc) is 3.17. The molecule has 0 saturated carbocycles. The molecule has 4 nitrogen and oxygen atoms in total. The van der Waals surface area contributed by atoms with E-state index in [4.69, 9.17) is 9.59 Å². The number of pyridine rings is 1. The Morgan fingerprint density at radius 2 is 1.92 bits per heavy atom. The van der Waals surface area contributed by atoms with Gasteiger partial charge >= 0.3 is 6.15 Å². The molecule has 0 amide bonds. The highest BCUT2D eigenvalue weighted by atomic mass is 16.2. The predicted molar refractivity (Wildman–Crippen MR) is 97.2 cm³/mol. The van der Waals surface area contributed by atoms with Crippen molar-refractivity contribution in [2.75, 3.05) is 0 Å². The van der Waals surface area contributed by atoms with Crippen LogP contribution in [0.25, 0.3) is 17.1 Å². The van der Waals surface area contributed by atoms with Gasteiger partial charge < -0.3 is 4.98 Å². The van der Waals surface area contributed by atoms with Crippen molar-refractivity contribution in [2.24, 2.45) is 0 Å². The standard InChI is InChI=1S/C20H20N2.CO2/c1-13-8-17-4-3-5-18(17)11-16(13)7-6-15-10-19-9-14(2)22-20(19)21-12-15;2-1-3/h3,5,8-12H,4,6-7H2,1-2H3,(H,21,22);. The summed E-state index contributed by atoms with van der Waals surface area (Å²) in [4.78, 5) is 24.1. The lowest BCUT2D eigenvalue weighted by molar-refractivity contribution is -0.191. The van der Waals surface area contributed by atoms with Gasteiger partial charge in [-0.05, 0) is 73.1 Å². The molecule has 2 heterocycles. The molecule has 0 saturated heterocycles. The summed E-state index contributed by atoms with van der Waals surface area (Å²) >= 11 is 0. The summed E-state index contributed by atoms with van der Waals surface area (Å²) < 4.78 is 0. The molecule has 1 N–H and O–H groups in total. The lowest BCUT2D eigenvalue weighted by atomic mass is 9.96. The van der Waals surface area contributed by atoms with Gasteiger partial charge in [-0.15, -0.1) is 0 Å². The lowest BCUT2D eigenvalue weighted by Crippen LogP contribution is -1.97. The Hall–Kier alpha value is -2.97. The maximum absolute atomic E-state index is 8.12. The first kappa shape index (κ1) is 16.9. The summed E-state index contributed by atoms with van der Waals surface area (Å²) in [6, 6.07) is 9.13. The number of nitrogens with zero attached hydrogens (tertiary/aromatic N) is 1. The molecular weight excluding hydrogens is 312 g/mol. The summed E-state index contributed by atoms with van der Waals surface area (Å²) in [5, 5.41) is 1.21. The van der Waals surface area contributed by atoms with E-state index in [-0.39, 0.29) is 6.15 Å². The zero-order chi connectivity index (χ0) is 17.8. The molecule has 3 aromatic rings. The molecule has 0 unspecified atom stereocenters. The van der Waals surface area contributed by atoms with Gasteiger partial charge in [0.2, 0.25) is 0 Å². The number of aryl methyl sites for hydroxylation is 4. The number of hydrogen-bond donors (Lipinski definition) is 1. The van der Waals surface area contributed by atoms with E-state index >= 15 is 0 Å². The molecule has 2 aromatic heterocycles. The Morgan fingerprint density at radius 1 is 1.12 bits per heavy atom. The van der Waals surface area contributed by atoms with E-state index in [0.29, 0.717) is 0 Å². The fourth-order valence-electron chi connectivity index (χ4n) is 3.36. The molecule has 0 fully saturated rings. The zero-order valence-corrected chi connectivity index (χ0v) is 14.4. The van der Waals surface area contributed by atoms with Crippen molar-refractivity contribution in [2.45, 2.75) is 33.1 Å². The van der Waals surface area contributed by atoms with Crippen LogP contribution in [0.15, 0.2) is 36.5 Å². The Labute approximate surface area is 146 Å². The van der Waals surface area contributed by atoms with E-state index in [1.807, 2.05) is 6.20 Å². The third-order valence-corrected chi connectivity index (χ3v) is 4.58. The quantitative estimate of drug-likeness (QED) is 0.790. The topological polar surface area (TPSA) is 62.8 Å². The molecule has 1 aliphatic carbocycles. The van der Waals surface area contributed by atoms with Gasteiger partial charge in [0.05, 0.1) is 0 Å². The number of allylic oxidation sites excluding steroid dienone is 1. The Kier molecular flexibility index (Phi) is 4.92. The number of rotatable bonds is 3. The van der Waals surface area contributed by atoms with Crippen molar-refractivity contribution in [1.82, 2.24) is 9.97 Å². The average molecular weight is 332 g/mol. The van der Waals surface area contributed by atoms with Crippen molar-refractivity contribution in [1.29, 1.82) is 0 Å². The lowest BCUT2D eigenvalue weighted by Gasteiger charge is -2.09. The van der Waals surface area contributed by atoms with Crippen molar-refractivity contribution in [3.8, 4) is 0 Å². The number of H-pyrrole nitrogens is 1. The van der Waals surface area contributed by atoms with Crippen molar-refractivity contribution < 1.29 is 9.59 Å². The molecule has 1 aromatic carbocycles. The SMILES string of the molecule is Cc1cc2cc(CCc3cc4c(cc3C)CC=C4)cnc2[nH]1.O=C=O. The van der Waals surface area contributed by atoms with E-state index < -0.39 is 0 Å². The Balaban J connectivity index is 0.000000569. The monoisotopic (exact) mass is 332 g/mol. The molecule has 4 heteroatoms. The van der Waals surface area contributed by atoms with Crippen LogP contribution in [0.4, 0.5) is 0 Å². The maximum Gasteiger partial charge on any atom is 0.373 e. The van der Waals surface area contributed by atoms with Gasteiger partial charge in [-0.1, -0.05) is 24.3 Å². The fourth-order valence-corrected chi connectivity index (χ4v) is 3.36. The number of aromatic amines is 1. The van der Waals surface area contributed by atoms with Crippen molar-refractivity contribution >= 4 is 23.3 Å². The minimum atomic E-state index is 0.250. The molecule has 25 heavy (non-hydrogen) atoms. The second-order valence-electron chi connectivity index (χ2n) is 6.40. The number of nitrogens with one attached hydrogen (secondary N) is 1.